The van der Waals surface area contributed by atoms with Crippen LogP contribution < -0.4 is 10.1 Å². The van der Waals surface area contributed by atoms with Gasteiger partial charge in [-0.15, -0.1) is 0 Å². The van der Waals surface area contributed by atoms with Crippen molar-refractivity contribution >= 4 is 11.6 Å². The number of benzene rings is 2. The van der Waals surface area contributed by atoms with Gasteiger partial charge in [0.15, 0.2) is 0 Å². The Balaban J connectivity index is 1.95. The zero-order valence-corrected chi connectivity index (χ0v) is 13.5. The third-order valence-electron chi connectivity index (χ3n) is 4.13. The van der Waals surface area contributed by atoms with Gasteiger partial charge in [0.1, 0.15) is 5.75 Å². The standard InChI is InChI=1S/C18H21ClN2O/c1-22-17-8-4-15(5-9-17)18(21-12-10-20-11-13-21)14-2-6-16(19)7-3-14/h2-9,18,20H,10-13H2,1H3/t18-/m0/s1. The van der Waals surface area contributed by atoms with Crippen LogP contribution in [-0.4, -0.2) is 38.2 Å². The van der Waals surface area contributed by atoms with E-state index in [1.165, 1.54) is 11.1 Å². The molecule has 2 aromatic carbocycles. The first kappa shape index (κ1) is 15.3. The Morgan fingerprint density at radius 2 is 1.50 bits per heavy atom. The van der Waals surface area contributed by atoms with Crippen molar-refractivity contribution in [3.8, 4) is 5.75 Å². The van der Waals surface area contributed by atoms with Crippen LogP contribution in [0.3, 0.4) is 0 Å². The van der Waals surface area contributed by atoms with E-state index in [4.69, 9.17) is 16.3 Å². The summed E-state index contributed by atoms with van der Waals surface area (Å²) in [7, 11) is 1.70. The molecule has 0 spiro atoms. The molecule has 3 nitrogen and oxygen atoms in total. The summed E-state index contributed by atoms with van der Waals surface area (Å²) in [6.45, 7) is 4.14. The number of methoxy groups -OCH3 is 1. The molecule has 0 unspecified atom stereocenters. The number of halogens is 1. The minimum absolute atomic E-state index is 0.255. The van der Waals surface area contributed by atoms with Crippen molar-refractivity contribution in [3.63, 3.8) is 0 Å². The van der Waals surface area contributed by atoms with Gasteiger partial charge in [-0.25, -0.2) is 0 Å². The molecule has 22 heavy (non-hydrogen) atoms. The smallest absolute Gasteiger partial charge is 0.118 e. The zero-order valence-electron chi connectivity index (χ0n) is 12.8. The lowest BCUT2D eigenvalue weighted by Crippen LogP contribution is -2.45. The fourth-order valence-corrected chi connectivity index (χ4v) is 3.11. The van der Waals surface area contributed by atoms with E-state index >= 15 is 0 Å². The van der Waals surface area contributed by atoms with E-state index in [-0.39, 0.29) is 6.04 Å². The number of nitrogens with zero attached hydrogens (tertiary/aromatic N) is 1. The lowest BCUT2D eigenvalue weighted by Gasteiger charge is -2.35. The van der Waals surface area contributed by atoms with Crippen LogP contribution in [-0.2, 0) is 0 Å². The van der Waals surface area contributed by atoms with E-state index in [0.717, 1.165) is 37.0 Å². The molecule has 1 saturated heterocycles. The summed E-state index contributed by atoms with van der Waals surface area (Å²) in [4.78, 5) is 2.52. The Morgan fingerprint density at radius 1 is 0.955 bits per heavy atom. The number of nitrogens with one attached hydrogen (secondary N) is 1. The van der Waals surface area contributed by atoms with Gasteiger partial charge in [-0.1, -0.05) is 35.9 Å². The Hall–Kier alpha value is -1.55. The molecular formula is C18H21ClN2O. The zero-order chi connectivity index (χ0) is 15.4. The van der Waals surface area contributed by atoms with Crippen LogP contribution in [0, 0.1) is 0 Å². The summed E-state index contributed by atoms with van der Waals surface area (Å²) in [5.74, 6) is 0.888. The van der Waals surface area contributed by atoms with Gasteiger partial charge < -0.3 is 10.1 Å². The average molecular weight is 317 g/mol. The van der Waals surface area contributed by atoms with E-state index in [9.17, 15) is 0 Å². The molecule has 1 fully saturated rings. The van der Waals surface area contributed by atoms with Crippen molar-refractivity contribution in [2.75, 3.05) is 33.3 Å². The van der Waals surface area contributed by atoms with Crippen molar-refractivity contribution in [2.24, 2.45) is 0 Å². The van der Waals surface area contributed by atoms with Crippen LogP contribution in [0.5, 0.6) is 5.75 Å². The van der Waals surface area contributed by atoms with Crippen molar-refractivity contribution in [1.82, 2.24) is 10.2 Å². The first-order chi connectivity index (χ1) is 10.8. The molecule has 3 rings (SSSR count). The van der Waals surface area contributed by atoms with Gasteiger partial charge in [0, 0.05) is 31.2 Å². The van der Waals surface area contributed by atoms with Gasteiger partial charge >= 0.3 is 0 Å². The minimum Gasteiger partial charge on any atom is -0.497 e. The Bertz CT molecular complexity index is 591. The molecule has 4 heteroatoms. The molecule has 1 heterocycles. The quantitative estimate of drug-likeness (QED) is 0.936. The van der Waals surface area contributed by atoms with E-state index in [0.29, 0.717) is 0 Å². The van der Waals surface area contributed by atoms with Gasteiger partial charge in [0.25, 0.3) is 0 Å². The highest BCUT2D eigenvalue weighted by Crippen LogP contribution is 2.30. The van der Waals surface area contributed by atoms with Crippen LogP contribution in [0.15, 0.2) is 48.5 Å². The summed E-state index contributed by atoms with van der Waals surface area (Å²) in [5, 5.41) is 4.19. The van der Waals surface area contributed by atoms with Crippen molar-refractivity contribution < 1.29 is 4.74 Å². The number of rotatable bonds is 4. The van der Waals surface area contributed by atoms with E-state index in [1.54, 1.807) is 7.11 Å². The number of hydrogen-bond acceptors (Lipinski definition) is 3. The molecule has 116 valence electrons. The molecule has 0 aliphatic carbocycles. The maximum absolute atomic E-state index is 6.05. The minimum atomic E-state index is 0.255. The lowest BCUT2D eigenvalue weighted by atomic mass is 9.96. The third kappa shape index (κ3) is 3.43. The molecule has 0 aromatic heterocycles. The Morgan fingerprint density at radius 3 is 2.05 bits per heavy atom. The van der Waals surface area contributed by atoms with Crippen LogP contribution in [0.25, 0.3) is 0 Å². The fraction of sp³-hybridized carbons (Fsp3) is 0.333. The van der Waals surface area contributed by atoms with Gasteiger partial charge in [-0.3, -0.25) is 4.90 Å². The summed E-state index contributed by atoms with van der Waals surface area (Å²) < 4.78 is 5.27. The highest BCUT2D eigenvalue weighted by Gasteiger charge is 2.23. The molecule has 0 saturated carbocycles. The predicted molar refractivity (Wildman–Crippen MR) is 90.7 cm³/mol. The van der Waals surface area contributed by atoms with E-state index < -0.39 is 0 Å². The second kappa shape index (κ2) is 7.14. The van der Waals surface area contributed by atoms with Gasteiger partial charge in [0.2, 0.25) is 0 Å². The maximum Gasteiger partial charge on any atom is 0.118 e. The first-order valence-electron chi connectivity index (χ1n) is 7.62. The maximum atomic E-state index is 6.05. The monoisotopic (exact) mass is 316 g/mol. The molecule has 1 aliphatic rings. The normalized spacial score (nSPS) is 17.2. The topological polar surface area (TPSA) is 24.5 Å². The Kier molecular flexibility index (Phi) is 4.98. The highest BCUT2D eigenvalue weighted by atomic mass is 35.5. The highest BCUT2D eigenvalue weighted by molar-refractivity contribution is 6.30. The molecule has 1 aliphatic heterocycles. The number of hydrogen-bond donors (Lipinski definition) is 1. The second-order valence-corrected chi connectivity index (χ2v) is 5.95. The predicted octanol–water partition coefficient (Wildman–Crippen LogP) is 3.34. The van der Waals surface area contributed by atoms with Crippen LogP contribution in [0.2, 0.25) is 5.02 Å². The Labute approximate surface area is 136 Å². The van der Waals surface area contributed by atoms with Gasteiger partial charge in [0.05, 0.1) is 13.2 Å². The second-order valence-electron chi connectivity index (χ2n) is 5.51. The molecule has 0 amide bonds. The van der Waals surface area contributed by atoms with Crippen molar-refractivity contribution in [3.05, 3.63) is 64.7 Å². The molecule has 0 bridgehead atoms. The SMILES string of the molecule is COc1ccc([C@H](c2ccc(Cl)cc2)N2CCNCC2)cc1. The molecule has 1 atom stereocenters. The molecule has 0 radical (unpaired) electrons. The molecular weight excluding hydrogens is 296 g/mol. The summed E-state index contributed by atoms with van der Waals surface area (Å²) >= 11 is 6.05. The van der Waals surface area contributed by atoms with Crippen molar-refractivity contribution in [1.29, 1.82) is 0 Å². The van der Waals surface area contributed by atoms with Crippen LogP contribution >= 0.6 is 11.6 Å². The average Bonchev–Trinajstić information content (AvgIpc) is 2.58. The van der Waals surface area contributed by atoms with Crippen LogP contribution in [0.1, 0.15) is 17.2 Å². The molecule has 1 N–H and O–H groups in total. The summed E-state index contributed by atoms with van der Waals surface area (Å²) in [6, 6.07) is 16.8. The molecule has 2 aromatic rings. The van der Waals surface area contributed by atoms with Gasteiger partial charge in [-0.05, 0) is 35.4 Å². The summed E-state index contributed by atoms with van der Waals surface area (Å²) in [5.41, 5.74) is 2.56. The number of piperazine rings is 1. The lowest BCUT2D eigenvalue weighted by molar-refractivity contribution is 0.198. The fourth-order valence-electron chi connectivity index (χ4n) is 2.99. The first-order valence-corrected chi connectivity index (χ1v) is 8.00. The number of ether oxygens (including phenoxy) is 1. The van der Waals surface area contributed by atoms with E-state index in [2.05, 4.69) is 34.5 Å². The third-order valence-corrected chi connectivity index (χ3v) is 4.39. The summed E-state index contributed by atoms with van der Waals surface area (Å²) in [6.07, 6.45) is 0. The largest absolute Gasteiger partial charge is 0.497 e. The van der Waals surface area contributed by atoms with Gasteiger partial charge in [-0.2, -0.15) is 0 Å². The van der Waals surface area contributed by atoms with Crippen molar-refractivity contribution in [2.45, 2.75) is 6.04 Å². The van der Waals surface area contributed by atoms with Crippen LogP contribution in [0.4, 0.5) is 0 Å². The van der Waals surface area contributed by atoms with E-state index in [1.807, 2.05) is 24.3 Å².